The number of hydrogen-bond acceptors (Lipinski definition) is 3. The molecular formula is C14H31N3. The summed E-state index contributed by atoms with van der Waals surface area (Å²) in [5, 5.41) is 3.54. The van der Waals surface area contributed by atoms with E-state index in [-0.39, 0.29) is 0 Å². The van der Waals surface area contributed by atoms with Gasteiger partial charge in [0.15, 0.2) is 0 Å². The highest BCUT2D eigenvalue weighted by atomic mass is 15.2. The fourth-order valence-corrected chi connectivity index (χ4v) is 2.73. The monoisotopic (exact) mass is 241 g/mol. The Morgan fingerprint density at radius 1 is 1.06 bits per heavy atom. The van der Waals surface area contributed by atoms with E-state index in [0.717, 1.165) is 25.7 Å². The van der Waals surface area contributed by atoms with Crippen molar-refractivity contribution in [2.45, 2.75) is 51.6 Å². The molecule has 0 atom stereocenters. The number of nitrogens with zero attached hydrogens (tertiary/aromatic N) is 2. The van der Waals surface area contributed by atoms with Crippen LogP contribution in [0.2, 0.25) is 0 Å². The molecule has 0 radical (unpaired) electrons. The van der Waals surface area contributed by atoms with Crippen LogP contribution < -0.4 is 5.32 Å². The van der Waals surface area contributed by atoms with Crippen LogP contribution in [0.4, 0.5) is 0 Å². The van der Waals surface area contributed by atoms with Gasteiger partial charge in [0.05, 0.1) is 0 Å². The molecule has 0 aromatic carbocycles. The first-order valence-electron chi connectivity index (χ1n) is 7.22. The van der Waals surface area contributed by atoms with E-state index in [1.165, 1.54) is 32.2 Å². The number of nitrogens with one attached hydrogen (secondary N) is 1. The molecular weight excluding hydrogens is 210 g/mol. The predicted octanol–water partition coefficient (Wildman–Crippen LogP) is 1.79. The Hall–Kier alpha value is -0.120. The smallest absolute Gasteiger partial charge is 0.0112 e. The SMILES string of the molecule is CC(C)N(CCNCCN(C)C)C1CCCC1. The minimum absolute atomic E-state index is 0.689. The van der Waals surface area contributed by atoms with Gasteiger partial charge in [-0.25, -0.2) is 0 Å². The first kappa shape index (κ1) is 14.9. The fourth-order valence-electron chi connectivity index (χ4n) is 2.73. The second-order valence-corrected chi connectivity index (χ2v) is 5.82. The highest BCUT2D eigenvalue weighted by Crippen LogP contribution is 2.24. The summed E-state index contributed by atoms with van der Waals surface area (Å²) in [4.78, 5) is 4.92. The van der Waals surface area contributed by atoms with Crippen LogP contribution in [0.5, 0.6) is 0 Å². The fraction of sp³-hybridized carbons (Fsp3) is 1.00. The van der Waals surface area contributed by atoms with Crippen LogP contribution in [0.3, 0.4) is 0 Å². The van der Waals surface area contributed by atoms with Crippen LogP contribution >= 0.6 is 0 Å². The van der Waals surface area contributed by atoms with Gasteiger partial charge in [-0.3, -0.25) is 4.90 Å². The van der Waals surface area contributed by atoms with Crippen molar-refractivity contribution in [2.75, 3.05) is 40.3 Å². The van der Waals surface area contributed by atoms with E-state index in [1.54, 1.807) is 0 Å². The molecule has 0 amide bonds. The molecule has 1 saturated carbocycles. The third kappa shape index (κ3) is 5.84. The van der Waals surface area contributed by atoms with Crippen LogP contribution in [0.1, 0.15) is 39.5 Å². The first-order valence-corrected chi connectivity index (χ1v) is 7.22. The summed E-state index contributed by atoms with van der Waals surface area (Å²) in [5.41, 5.74) is 0. The van der Waals surface area contributed by atoms with E-state index in [1.807, 2.05) is 0 Å². The van der Waals surface area contributed by atoms with E-state index in [4.69, 9.17) is 0 Å². The third-order valence-corrected chi connectivity index (χ3v) is 3.74. The lowest BCUT2D eigenvalue weighted by Gasteiger charge is -2.32. The number of rotatable bonds is 8. The number of likely N-dealkylation sites (N-methyl/N-ethyl adjacent to an activating group) is 1. The van der Waals surface area contributed by atoms with Crippen molar-refractivity contribution in [3.8, 4) is 0 Å². The summed E-state index contributed by atoms with van der Waals surface area (Å²) in [6.45, 7) is 9.23. The minimum atomic E-state index is 0.689. The van der Waals surface area contributed by atoms with E-state index in [0.29, 0.717) is 6.04 Å². The molecule has 102 valence electrons. The van der Waals surface area contributed by atoms with Crippen molar-refractivity contribution in [1.29, 1.82) is 0 Å². The molecule has 0 saturated heterocycles. The average Bonchev–Trinajstić information content (AvgIpc) is 2.75. The summed E-state index contributed by atoms with van der Waals surface area (Å²) in [5.74, 6) is 0. The molecule has 0 aliphatic heterocycles. The molecule has 1 aliphatic carbocycles. The molecule has 0 heterocycles. The van der Waals surface area contributed by atoms with Gasteiger partial charge in [-0.1, -0.05) is 12.8 Å². The zero-order valence-corrected chi connectivity index (χ0v) is 12.2. The van der Waals surface area contributed by atoms with Crippen LogP contribution in [0.25, 0.3) is 0 Å². The van der Waals surface area contributed by atoms with Gasteiger partial charge in [-0.05, 0) is 40.8 Å². The lowest BCUT2D eigenvalue weighted by molar-refractivity contribution is 0.156. The van der Waals surface area contributed by atoms with Crippen LogP contribution in [-0.4, -0.2) is 62.2 Å². The molecule has 1 aliphatic rings. The second kappa shape index (κ2) is 8.06. The van der Waals surface area contributed by atoms with Gasteiger partial charge in [-0.2, -0.15) is 0 Å². The maximum absolute atomic E-state index is 3.54. The third-order valence-electron chi connectivity index (χ3n) is 3.74. The second-order valence-electron chi connectivity index (χ2n) is 5.82. The number of hydrogen-bond donors (Lipinski definition) is 1. The lowest BCUT2D eigenvalue weighted by atomic mass is 10.1. The Morgan fingerprint density at radius 3 is 2.18 bits per heavy atom. The molecule has 1 N–H and O–H groups in total. The van der Waals surface area contributed by atoms with Crippen molar-refractivity contribution in [3.63, 3.8) is 0 Å². The van der Waals surface area contributed by atoms with E-state index < -0.39 is 0 Å². The highest BCUT2D eigenvalue weighted by Gasteiger charge is 2.23. The predicted molar refractivity (Wildman–Crippen MR) is 75.5 cm³/mol. The first-order chi connectivity index (χ1) is 8.11. The topological polar surface area (TPSA) is 18.5 Å². The minimum Gasteiger partial charge on any atom is -0.314 e. The van der Waals surface area contributed by atoms with Gasteiger partial charge >= 0.3 is 0 Å². The molecule has 1 fully saturated rings. The largest absolute Gasteiger partial charge is 0.314 e. The van der Waals surface area contributed by atoms with Gasteiger partial charge < -0.3 is 10.2 Å². The molecule has 0 bridgehead atoms. The molecule has 1 rings (SSSR count). The molecule has 17 heavy (non-hydrogen) atoms. The van der Waals surface area contributed by atoms with Crippen molar-refractivity contribution >= 4 is 0 Å². The molecule has 0 unspecified atom stereocenters. The Kier molecular flexibility index (Phi) is 7.09. The summed E-state index contributed by atoms with van der Waals surface area (Å²) in [6, 6.07) is 1.54. The quantitative estimate of drug-likeness (QED) is 0.654. The maximum atomic E-state index is 3.54. The highest BCUT2D eigenvalue weighted by molar-refractivity contribution is 4.80. The van der Waals surface area contributed by atoms with Gasteiger partial charge in [-0.15, -0.1) is 0 Å². The Bertz CT molecular complexity index is 186. The van der Waals surface area contributed by atoms with Crippen molar-refractivity contribution in [2.24, 2.45) is 0 Å². The summed E-state index contributed by atoms with van der Waals surface area (Å²) in [7, 11) is 4.25. The Morgan fingerprint density at radius 2 is 1.65 bits per heavy atom. The average molecular weight is 241 g/mol. The van der Waals surface area contributed by atoms with Crippen molar-refractivity contribution in [3.05, 3.63) is 0 Å². The standard InChI is InChI=1S/C14H31N3/c1-13(2)17(14-7-5-6-8-14)12-10-15-9-11-16(3)4/h13-15H,5-12H2,1-4H3. The van der Waals surface area contributed by atoms with Gasteiger partial charge in [0.25, 0.3) is 0 Å². The molecule has 3 nitrogen and oxygen atoms in total. The lowest BCUT2D eigenvalue weighted by Crippen LogP contribution is -2.43. The summed E-state index contributed by atoms with van der Waals surface area (Å²) in [6.07, 6.45) is 5.69. The molecule has 0 spiro atoms. The zero-order valence-electron chi connectivity index (χ0n) is 12.2. The summed E-state index contributed by atoms with van der Waals surface area (Å²) >= 11 is 0. The van der Waals surface area contributed by atoms with Crippen molar-refractivity contribution < 1.29 is 0 Å². The molecule has 0 aromatic rings. The van der Waals surface area contributed by atoms with Gasteiger partial charge in [0.2, 0.25) is 0 Å². The van der Waals surface area contributed by atoms with Crippen molar-refractivity contribution in [1.82, 2.24) is 15.1 Å². The van der Waals surface area contributed by atoms with E-state index in [2.05, 4.69) is 43.1 Å². The van der Waals surface area contributed by atoms with E-state index in [9.17, 15) is 0 Å². The maximum Gasteiger partial charge on any atom is 0.0112 e. The summed E-state index contributed by atoms with van der Waals surface area (Å²) < 4.78 is 0. The molecule has 3 heteroatoms. The van der Waals surface area contributed by atoms with Gasteiger partial charge in [0, 0.05) is 38.3 Å². The Labute approximate surface area is 108 Å². The van der Waals surface area contributed by atoms with Crippen LogP contribution in [-0.2, 0) is 0 Å². The van der Waals surface area contributed by atoms with Crippen LogP contribution in [0, 0.1) is 0 Å². The van der Waals surface area contributed by atoms with Gasteiger partial charge in [0.1, 0.15) is 0 Å². The normalized spacial score (nSPS) is 17.8. The van der Waals surface area contributed by atoms with Crippen LogP contribution in [0.15, 0.2) is 0 Å². The van der Waals surface area contributed by atoms with E-state index >= 15 is 0 Å². The Balaban J connectivity index is 2.16. The zero-order chi connectivity index (χ0) is 12.7. The molecule has 0 aromatic heterocycles.